The first-order valence-electron chi connectivity index (χ1n) is 9.07. The number of nitrogens with one attached hydrogen (secondary N) is 2. The van der Waals surface area contributed by atoms with E-state index in [1.807, 2.05) is 13.8 Å². The standard InChI is InChI=1S/C19H27N3O4/c1-13(2)20-19(26)21-15-8-6-14(7-9-15)18(25)22-12-4-3-5-16(22)10-11-17(23)24/h6-9,13,16H,3-5,10-12H2,1-2H3,(H,23,24)(H2,20,21,26). The first kappa shape index (κ1) is 19.8. The van der Waals surface area contributed by atoms with E-state index in [4.69, 9.17) is 5.11 Å². The minimum absolute atomic E-state index is 0.0260. The normalized spacial score (nSPS) is 17.0. The lowest BCUT2D eigenvalue weighted by Gasteiger charge is -2.35. The number of rotatable bonds is 6. The molecule has 142 valence electrons. The van der Waals surface area contributed by atoms with Crippen LogP contribution in [-0.2, 0) is 4.79 Å². The fraction of sp³-hybridized carbons (Fsp3) is 0.526. The van der Waals surface area contributed by atoms with Crippen molar-refractivity contribution in [3.63, 3.8) is 0 Å². The Morgan fingerprint density at radius 1 is 1.19 bits per heavy atom. The number of aliphatic carboxylic acids is 1. The fourth-order valence-electron chi connectivity index (χ4n) is 3.15. The highest BCUT2D eigenvalue weighted by Gasteiger charge is 2.27. The molecule has 1 heterocycles. The first-order chi connectivity index (χ1) is 12.4. The van der Waals surface area contributed by atoms with E-state index < -0.39 is 5.97 Å². The summed E-state index contributed by atoms with van der Waals surface area (Å²) < 4.78 is 0. The Hall–Kier alpha value is -2.57. The molecule has 1 aliphatic rings. The summed E-state index contributed by atoms with van der Waals surface area (Å²) in [7, 11) is 0. The third-order valence-electron chi connectivity index (χ3n) is 4.39. The van der Waals surface area contributed by atoms with E-state index in [9.17, 15) is 14.4 Å². The molecular weight excluding hydrogens is 334 g/mol. The molecule has 1 aliphatic heterocycles. The smallest absolute Gasteiger partial charge is 0.319 e. The Kier molecular flexibility index (Phi) is 7.00. The Morgan fingerprint density at radius 3 is 2.50 bits per heavy atom. The second kappa shape index (κ2) is 9.22. The number of amides is 3. The van der Waals surface area contributed by atoms with E-state index >= 15 is 0 Å². The van der Waals surface area contributed by atoms with Gasteiger partial charge in [-0.25, -0.2) is 4.79 Å². The van der Waals surface area contributed by atoms with Gasteiger partial charge in [-0.15, -0.1) is 0 Å². The lowest BCUT2D eigenvalue weighted by atomic mass is 9.97. The largest absolute Gasteiger partial charge is 0.481 e. The molecule has 26 heavy (non-hydrogen) atoms. The van der Waals surface area contributed by atoms with Gasteiger partial charge in [0.1, 0.15) is 0 Å². The highest BCUT2D eigenvalue weighted by Crippen LogP contribution is 2.23. The molecule has 3 amide bonds. The second-order valence-electron chi connectivity index (χ2n) is 6.91. The summed E-state index contributed by atoms with van der Waals surface area (Å²) in [6, 6.07) is 6.50. The molecule has 1 unspecified atom stereocenters. The number of hydrogen-bond donors (Lipinski definition) is 3. The van der Waals surface area contributed by atoms with Crippen LogP contribution in [-0.4, -0.2) is 46.5 Å². The van der Waals surface area contributed by atoms with Crippen molar-refractivity contribution < 1.29 is 19.5 Å². The Morgan fingerprint density at radius 2 is 1.88 bits per heavy atom. The van der Waals surface area contributed by atoms with Crippen LogP contribution in [0.25, 0.3) is 0 Å². The number of carbonyl (C=O) groups is 3. The molecule has 3 N–H and O–H groups in total. The molecule has 0 bridgehead atoms. The van der Waals surface area contributed by atoms with Crippen LogP contribution < -0.4 is 10.6 Å². The number of carbonyl (C=O) groups excluding carboxylic acids is 2. The van der Waals surface area contributed by atoms with Crippen molar-refractivity contribution >= 4 is 23.6 Å². The van der Waals surface area contributed by atoms with Gasteiger partial charge in [0.05, 0.1) is 0 Å². The fourth-order valence-corrected chi connectivity index (χ4v) is 3.15. The maximum Gasteiger partial charge on any atom is 0.319 e. The van der Waals surface area contributed by atoms with Gasteiger partial charge in [0.2, 0.25) is 0 Å². The predicted molar refractivity (Wildman–Crippen MR) is 99.3 cm³/mol. The van der Waals surface area contributed by atoms with E-state index in [0.29, 0.717) is 24.2 Å². The van der Waals surface area contributed by atoms with Crippen LogP contribution in [0.4, 0.5) is 10.5 Å². The number of carboxylic acids is 1. The van der Waals surface area contributed by atoms with Crippen LogP contribution >= 0.6 is 0 Å². The molecule has 0 spiro atoms. The zero-order valence-corrected chi connectivity index (χ0v) is 15.3. The van der Waals surface area contributed by atoms with E-state index in [2.05, 4.69) is 10.6 Å². The van der Waals surface area contributed by atoms with Gasteiger partial charge in [-0.2, -0.15) is 0 Å². The van der Waals surface area contributed by atoms with Gasteiger partial charge in [-0.1, -0.05) is 0 Å². The summed E-state index contributed by atoms with van der Waals surface area (Å²) in [4.78, 5) is 37.2. The van der Waals surface area contributed by atoms with Crippen molar-refractivity contribution in [3.8, 4) is 0 Å². The molecule has 0 aliphatic carbocycles. The molecule has 0 saturated carbocycles. The number of anilines is 1. The molecular formula is C19H27N3O4. The minimum Gasteiger partial charge on any atom is -0.481 e. The molecule has 0 radical (unpaired) electrons. The zero-order valence-electron chi connectivity index (χ0n) is 15.3. The second-order valence-corrected chi connectivity index (χ2v) is 6.91. The van der Waals surface area contributed by atoms with Gasteiger partial charge in [0, 0.05) is 36.3 Å². The summed E-state index contributed by atoms with van der Waals surface area (Å²) in [5.41, 5.74) is 1.16. The van der Waals surface area contributed by atoms with Gasteiger partial charge < -0.3 is 20.6 Å². The molecule has 7 heteroatoms. The number of urea groups is 1. The molecule has 2 rings (SSSR count). The van der Waals surface area contributed by atoms with Crippen LogP contribution in [0.3, 0.4) is 0 Å². The highest BCUT2D eigenvalue weighted by molar-refractivity contribution is 5.95. The van der Waals surface area contributed by atoms with Crippen molar-refractivity contribution in [2.75, 3.05) is 11.9 Å². The van der Waals surface area contributed by atoms with Crippen LogP contribution in [0.1, 0.15) is 56.3 Å². The number of likely N-dealkylation sites (tertiary alicyclic amines) is 1. The average molecular weight is 361 g/mol. The van der Waals surface area contributed by atoms with Crippen LogP contribution in [0.5, 0.6) is 0 Å². The van der Waals surface area contributed by atoms with Crippen molar-refractivity contribution in [1.82, 2.24) is 10.2 Å². The third kappa shape index (κ3) is 5.75. The van der Waals surface area contributed by atoms with Gasteiger partial charge in [-0.3, -0.25) is 9.59 Å². The Bertz CT molecular complexity index is 643. The van der Waals surface area contributed by atoms with E-state index in [1.54, 1.807) is 29.2 Å². The number of piperidine rings is 1. The van der Waals surface area contributed by atoms with Crippen LogP contribution in [0.2, 0.25) is 0 Å². The van der Waals surface area contributed by atoms with Crippen molar-refractivity contribution in [2.45, 2.75) is 58.0 Å². The maximum absolute atomic E-state index is 12.8. The van der Waals surface area contributed by atoms with Gasteiger partial charge in [-0.05, 0) is 63.8 Å². The molecule has 1 atom stereocenters. The third-order valence-corrected chi connectivity index (χ3v) is 4.39. The monoisotopic (exact) mass is 361 g/mol. The molecule has 1 fully saturated rings. The summed E-state index contributed by atoms with van der Waals surface area (Å²) in [5, 5.41) is 14.4. The van der Waals surface area contributed by atoms with E-state index in [1.165, 1.54) is 0 Å². The van der Waals surface area contributed by atoms with Crippen molar-refractivity contribution in [1.29, 1.82) is 0 Å². The summed E-state index contributed by atoms with van der Waals surface area (Å²) >= 11 is 0. The summed E-state index contributed by atoms with van der Waals surface area (Å²) in [5.74, 6) is -0.920. The topological polar surface area (TPSA) is 98.7 Å². The Balaban J connectivity index is 2.01. The summed E-state index contributed by atoms with van der Waals surface area (Å²) in [6.45, 7) is 4.40. The minimum atomic E-state index is -0.835. The average Bonchev–Trinajstić information content (AvgIpc) is 2.59. The molecule has 1 aromatic rings. The Labute approximate surface area is 153 Å². The summed E-state index contributed by atoms with van der Waals surface area (Å²) in [6.07, 6.45) is 3.35. The number of hydrogen-bond acceptors (Lipinski definition) is 3. The van der Waals surface area contributed by atoms with Crippen LogP contribution in [0.15, 0.2) is 24.3 Å². The van der Waals surface area contributed by atoms with Gasteiger partial charge in [0.25, 0.3) is 5.91 Å². The van der Waals surface area contributed by atoms with Crippen molar-refractivity contribution in [2.24, 2.45) is 0 Å². The first-order valence-corrected chi connectivity index (χ1v) is 9.07. The molecule has 1 saturated heterocycles. The van der Waals surface area contributed by atoms with E-state index in [-0.39, 0.29) is 30.4 Å². The van der Waals surface area contributed by atoms with Crippen LogP contribution in [0, 0.1) is 0 Å². The van der Waals surface area contributed by atoms with E-state index in [0.717, 1.165) is 19.3 Å². The maximum atomic E-state index is 12.8. The lowest BCUT2D eigenvalue weighted by molar-refractivity contribution is -0.137. The highest BCUT2D eigenvalue weighted by atomic mass is 16.4. The zero-order chi connectivity index (χ0) is 19.1. The molecule has 1 aromatic carbocycles. The lowest BCUT2D eigenvalue weighted by Crippen LogP contribution is -2.44. The predicted octanol–water partition coefficient (Wildman–Crippen LogP) is 3.08. The number of carboxylic acid groups (broad SMARTS) is 1. The van der Waals surface area contributed by atoms with Crippen molar-refractivity contribution in [3.05, 3.63) is 29.8 Å². The van der Waals surface area contributed by atoms with Gasteiger partial charge in [0.15, 0.2) is 0 Å². The SMILES string of the molecule is CC(C)NC(=O)Nc1ccc(C(=O)N2CCCCC2CCC(=O)O)cc1. The quantitative estimate of drug-likeness (QED) is 0.725. The molecule has 0 aromatic heterocycles. The van der Waals surface area contributed by atoms with Gasteiger partial charge >= 0.3 is 12.0 Å². The number of benzene rings is 1. The molecule has 7 nitrogen and oxygen atoms in total. The number of nitrogens with zero attached hydrogens (tertiary/aromatic N) is 1.